The fourth-order valence-electron chi connectivity index (χ4n) is 1.66. The van der Waals surface area contributed by atoms with E-state index in [4.69, 9.17) is 5.11 Å². The Kier molecular flexibility index (Phi) is 4.70. The van der Waals surface area contributed by atoms with Gasteiger partial charge in [0.15, 0.2) is 0 Å². The van der Waals surface area contributed by atoms with Crippen molar-refractivity contribution in [1.29, 1.82) is 0 Å². The number of nitrogens with zero attached hydrogens (tertiary/aromatic N) is 1. The molecule has 78 valence electrons. The van der Waals surface area contributed by atoms with Crippen LogP contribution in [-0.2, 0) is 0 Å². The van der Waals surface area contributed by atoms with Crippen LogP contribution in [0.4, 0.5) is 0 Å². The predicted octanol–water partition coefficient (Wildman–Crippen LogP) is 0.299. The van der Waals surface area contributed by atoms with Gasteiger partial charge in [0.1, 0.15) is 0 Å². The minimum Gasteiger partial charge on any atom is -0.395 e. The Morgan fingerprint density at radius 3 is 2.46 bits per heavy atom. The van der Waals surface area contributed by atoms with Crippen LogP contribution >= 0.6 is 0 Å². The van der Waals surface area contributed by atoms with Crippen molar-refractivity contribution in [2.45, 2.75) is 26.3 Å². The van der Waals surface area contributed by atoms with E-state index in [0.29, 0.717) is 6.04 Å². The van der Waals surface area contributed by atoms with E-state index < -0.39 is 0 Å². The van der Waals surface area contributed by atoms with Gasteiger partial charge in [-0.15, -0.1) is 0 Å². The summed E-state index contributed by atoms with van der Waals surface area (Å²) in [5.74, 6) is 0.875. The molecular formula is C10H22N2O. The van der Waals surface area contributed by atoms with Crippen LogP contribution in [-0.4, -0.2) is 48.8 Å². The van der Waals surface area contributed by atoms with Gasteiger partial charge in [-0.3, -0.25) is 4.90 Å². The molecule has 0 aromatic heterocycles. The maximum Gasteiger partial charge on any atom is 0.0558 e. The van der Waals surface area contributed by atoms with Crippen molar-refractivity contribution in [2.75, 3.05) is 32.8 Å². The highest BCUT2D eigenvalue weighted by atomic mass is 16.3. The van der Waals surface area contributed by atoms with Crippen molar-refractivity contribution in [2.24, 2.45) is 5.92 Å². The average Bonchev–Trinajstić information content (AvgIpc) is 1.99. The van der Waals surface area contributed by atoms with Crippen LogP contribution < -0.4 is 5.32 Å². The molecule has 0 unspecified atom stereocenters. The van der Waals surface area contributed by atoms with Crippen LogP contribution in [0.5, 0.6) is 0 Å². The van der Waals surface area contributed by atoms with Gasteiger partial charge >= 0.3 is 0 Å². The van der Waals surface area contributed by atoms with Gasteiger partial charge < -0.3 is 10.4 Å². The zero-order valence-corrected chi connectivity index (χ0v) is 8.79. The van der Waals surface area contributed by atoms with Crippen LogP contribution in [0.25, 0.3) is 0 Å². The lowest BCUT2D eigenvalue weighted by molar-refractivity contribution is 0.150. The monoisotopic (exact) mass is 186 g/mol. The molecule has 2 N–H and O–H groups in total. The first-order valence-electron chi connectivity index (χ1n) is 5.29. The highest BCUT2D eigenvalue weighted by molar-refractivity contribution is 4.76. The van der Waals surface area contributed by atoms with Gasteiger partial charge in [-0.05, 0) is 45.8 Å². The molecule has 0 aromatic carbocycles. The summed E-state index contributed by atoms with van der Waals surface area (Å²) in [6, 6.07) is 0.556. The fraction of sp³-hybridized carbons (Fsp3) is 1.00. The van der Waals surface area contributed by atoms with Crippen molar-refractivity contribution in [3.8, 4) is 0 Å². The number of hydrogen-bond acceptors (Lipinski definition) is 3. The fourth-order valence-corrected chi connectivity index (χ4v) is 1.66. The van der Waals surface area contributed by atoms with Crippen molar-refractivity contribution in [1.82, 2.24) is 10.2 Å². The largest absolute Gasteiger partial charge is 0.395 e. The van der Waals surface area contributed by atoms with Gasteiger partial charge in [0, 0.05) is 12.6 Å². The first-order chi connectivity index (χ1) is 6.24. The van der Waals surface area contributed by atoms with Crippen LogP contribution in [0.15, 0.2) is 0 Å². The number of rotatable bonds is 6. The molecule has 0 atom stereocenters. The van der Waals surface area contributed by atoms with Gasteiger partial charge in [-0.1, -0.05) is 0 Å². The van der Waals surface area contributed by atoms with Gasteiger partial charge in [0.25, 0.3) is 0 Å². The molecule has 0 amide bonds. The van der Waals surface area contributed by atoms with E-state index in [-0.39, 0.29) is 6.61 Å². The molecule has 13 heavy (non-hydrogen) atoms. The quantitative estimate of drug-likeness (QED) is 0.626. The normalized spacial score (nSPS) is 18.2. The Hall–Kier alpha value is -0.120. The Morgan fingerprint density at radius 1 is 1.38 bits per heavy atom. The van der Waals surface area contributed by atoms with E-state index in [2.05, 4.69) is 24.1 Å². The van der Waals surface area contributed by atoms with Crippen LogP contribution in [0.2, 0.25) is 0 Å². The third kappa shape index (κ3) is 3.63. The molecule has 0 saturated carbocycles. The summed E-state index contributed by atoms with van der Waals surface area (Å²) in [4.78, 5) is 2.35. The molecule has 1 heterocycles. The zero-order chi connectivity index (χ0) is 9.68. The molecule has 0 aliphatic carbocycles. The summed E-state index contributed by atoms with van der Waals surface area (Å²) < 4.78 is 0. The smallest absolute Gasteiger partial charge is 0.0558 e. The molecule has 0 bridgehead atoms. The molecule has 3 heteroatoms. The SMILES string of the molecule is CC(C)N(CCO)CCC1CNC1. The number of hydrogen-bond donors (Lipinski definition) is 2. The maximum absolute atomic E-state index is 8.87. The second-order valence-corrected chi connectivity index (χ2v) is 4.17. The summed E-state index contributed by atoms with van der Waals surface area (Å²) in [6.45, 7) is 8.98. The Labute approximate surface area is 81.1 Å². The molecule has 0 spiro atoms. The molecule has 1 rings (SSSR count). The average molecular weight is 186 g/mol. The first kappa shape index (κ1) is 11.0. The summed E-state index contributed by atoms with van der Waals surface area (Å²) >= 11 is 0. The zero-order valence-electron chi connectivity index (χ0n) is 8.79. The van der Waals surface area contributed by atoms with E-state index >= 15 is 0 Å². The molecule has 1 aliphatic heterocycles. The summed E-state index contributed by atoms with van der Waals surface area (Å²) in [5.41, 5.74) is 0. The molecule has 3 nitrogen and oxygen atoms in total. The second kappa shape index (κ2) is 5.58. The molecule has 0 aromatic rings. The van der Waals surface area contributed by atoms with Crippen LogP contribution in [0, 0.1) is 5.92 Å². The van der Waals surface area contributed by atoms with Crippen molar-refractivity contribution in [3.63, 3.8) is 0 Å². The number of nitrogens with one attached hydrogen (secondary N) is 1. The minimum absolute atomic E-state index is 0.279. The first-order valence-corrected chi connectivity index (χ1v) is 5.29. The lowest BCUT2D eigenvalue weighted by Gasteiger charge is -2.31. The number of aliphatic hydroxyl groups is 1. The van der Waals surface area contributed by atoms with E-state index in [1.807, 2.05) is 0 Å². The topological polar surface area (TPSA) is 35.5 Å². The van der Waals surface area contributed by atoms with E-state index in [0.717, 1.165) is 19.0 Å². The van der Waals surface area contributed by atoms with Crippen molar-refractivity contribution >= 4 is 0 Å². The van der Waals surface area contributed by atoms with Crippen molar-refractivity contribution in [3.05, 3.63) is 0 Å². The van der Waals surface area contributed by atoms with E-state index in [1.165, 1.54) is 19.5 Å². The predicted molar refractivity (Wildman–Crippen MR) is 54.8 cm³/mol. The lowest BCUT2D eigenvalue weighted by Crippen LogP contribution is -2.44. The minimum atomic E-state index is 0.279. The van der Waals surface area contributed by atoms with Crippen LogP contribution in [0.3, 0.4) is 0 Å². The molecule has 1 fully saturated rings. The Bertz CT molecular complexity index is 135. The summed E-state index contributed by atoms with van der Waals surface area (Å²) in [7, 11) is 0. The van der Waals surface area contributed by atoms with Gasteiger partial charge in [0.05, 0.1) is 6.61 Å². The summed E-state index contributed by atoms with van der Waals surface area (Å²) in [6.07, 6.45) is 1.27. The van der Waals surface area contributed by atoms with Gasteiger partial charge in [0.2, 0.25) is 0 Å². The van der Waals surface area contributed by atoms with E-state index in [1.54, 1.807) is 0 Å². The Balaban J connectivity index is 2.12. The van der Waals surface area contributed by atoms with Crippen LogP contribution in [0.1, 0.15) is 20.3 Å². The van der Waals surface area contributed by atoms with Gasteiger partial charge in [-0.25, -0.2) is 0 Å². The third-order valence-corrected chi connectivity index (χ3v) is 2.81. The molecule has 0 radical (unpaired) electrons. The maximum atomic E-state index is 8.87. The molecular weight excluding hydrogens is 164 g/mol. The third-order valence-electron chi connectivity index (χ3n) is 2.81. The lowest BCUT2D eigenvalue weighted by atomic mass is 9.99. The van der Waals surface area contributed by atoms with Gasteiger partial charge in [-0.2, -0.15) is 0 Å². The second-order valence-electron chi connectivity index (χ2n) is 4.17. The standard InChI is InChI=1S/C10H22N2O/c1-9(2)12(5-6-13)4-3-10-7-11-8-10/h9-11,13H,3-8H2,1-2H3. The summed E-state index contributed by atoms with van der Waals surface area (Å²) in [5, 5.41) is 12.1. The van der Waals surface area contributed by atoms with E-state index in [9.17, 15) is 0 Å². The Morgan fingerprint density at radius 2 is 2.08 bits per heavy atom. The highest BCUT2D eigenvalue weighted by Crippen LogP contribution is 2.10. The van der Waals surface area contributed by atoms with Crippen molar-refractivity contribution < 1.29 is 5.11 Å². The number of aliphatic hydroxyl groups excluding tert-OH is 1. The molecule has 1 saturated heterocycles. The highest BCUT2D eigenvalue weighted by Gasteiger charge is 2.18. The molecule has 1 aliphatic rings.